The summed E-state index contributed by atoms with van der Waals surface area (Å²) in [6.45, 7) is 4.91. The Hall–Kier alpha value is -0.920. The van der Waals surface area contributed by atoms with E-state index in [0.717, 1.165) is 5.56 Å². The minimum Gasteiger partial charge on any atom is -0.356 e. The zero-order valence-corrected chi connectivity index (χ0v) is 21.0. The highest BCUT2D eigenvalue weighted by molar-refractivity contribution is 14.0. The van der Waals surface area contributed by atoms with Gasteiger partial charge in [-0.05, 0) is 37.5 Å². The molecule has 1 rings (SSSR count). The molecule has 0 fully saturated rings. The van der Waals surface area contributed by atoms with Crippen LogP contribution in [0, 0.1) is 6.92 Å². The molecule has 28 heavy (non-hydrogen) atoms. The van der Waals surface area contributed by atoms with Gasteiger partial charge in [0, 0.05) is 40.0 Å². The van der Waals surface area contributed by atoms with Gasteiger partial charge in [-0.25, -0.2) is 21.1 Å². The van der Waals surface area contributed by atoms with Crippen LogP contribution in [0.5, 0.6) is 0 Å². The minimum atomic E-state index is -3.22. The quantitative estimate of drug-likeness (QED) is 0.210. The van der Waals surface area contributed by atoms with Crippen LogP contribution in [0.15, 0.2) is 28.1 Å². The highest BCUT2D eigenvalue weighted by Gasteiger charge is 2.14. The normalized spacial score (nSPS) is 12.6. The summed E-state index contributed by atoms with van der Waals surface area (Å²) in [5.74, 6) is 0.693. The van der Waals surface area contributed by atoms with Crippen molar-refractivity contribution in [1.29, 1.82) is 0 Å². The summed E-state index contributed by atoms with van der Waals surface area (Å²) in [5.41, 5.74) is 1.65. The molecule has 0 aliphatic heterocycles. The number of benzene rings is 1. The molecule has 0 aliphatic carbocycles. The Bertz CT molecular complexity index is 871. The maximum atomic E-state index is 11.7. The molecular weight excluding hydrogens is 515 g/mol. The summed E-state index contributed by atoms with van der Waals surface area (Å²) in [6, 6.07) is 5.22. The number of guanidine groups is 1. The van der Waals surface area contributed by atoms with E-state index in [2.05, 4.69) is 15.6 Å². The molecule has 162 valence electrons. The van der Waals surface area contributed by atoms with Gasteiger partial charge in [0.15, 0.2) is 15.8 Å². The summed E-state index contributed by atoms with van der Waals surface area (Å²) < 4.78 is 48.1. The predicted molar refractivity (Wildman–Crippen MR) is 125 cm³/mol. The minimum absolute atomic E-state index is 0. The van der Waals surface area contributed by atoms with Crippen LogP contribution in [0.4, 0.5) is 0 Å². The molecular formula is C17H31IN4O4S2. The Morgan fingerprint density at radius 1 is 1.18 bits per heavy atom. The number of hydrogen-bond acceptors (Lipinski definition) is 5. The average molecular weight is 546 g/mol. The van der Waals surface area contributed by atoms with E-state index in [1.165, 1.54) is 10.6 Å². The molecule has 0 spiro atoms. The van der Waals surface area contributed by atoms with E-state index in [1.54, 1.807) is 40.1 Å². The van der Waals surface area contributed by atoms with E-state index in [-0.39, 0.29) is 29.7 Å². The van der Waals surface area contributed by atoms with Crippen molar-refractivity contribution in [2.24, 2.45) is 4.99 Å². The van der Waals surface area contributed by atoms with E-state index in [9.17, 15) is 16.8 Å². The van der Waals surface area contributed by atoms with E-state index < -0.39 is 19.9 Å². The molecule has 0 bridgehead atoms. The molecule has 0 heterocycles. The molecule has 8 nitrogen and oxygen atoms in total. The van der Waals surface area contributed by atoms with E-state index >= 15 is 0 Å². The molecule has 0 amide bonds. The van der Waals surface area contributed by atoms with Gasteiger partial charge >= 0.3 is 0 Å². The number of rotatable bonds is 9. The van der Waals surface area contributed by atoms with Crippen molar-refractivity contribution in [2.45, 2.75) is 31.7 Å². The average Bonchev–Trinajstić information content (AvgIpc) is 2.59. The van der Waals surface area contributed by atoms with Crippen LogP contribution in [0.1, 0.15) is 24.5 Å². The first-order valence-corrected chi connectivity index (χ1v) is 12.2. The Labute approximate surface area is 186 Å². The molecule has 11 heteroatoms. The molecule has 1 aromatic carbocycles. The lowest BCUT2D eigenvalue weighted by Crippen LogP contribution is -2.38. The van der Waals surface area contributed by atoms with Gasteiger partial charge in [0.2, 0.25) is 10.0 Å². The lowest BCUT2D eigenvalue weighted by molar-refractivity contribution is 0.461. The van der Waals surface area contributed by atoms with Gasteiger partial charge in [-0.15, -0.1) is 24.0 Å². The first kappa shape index (κ1) is 27.1. The van der Waals surface area contributed by atoms with Crippen molar-refractivity contribution in [2.75, 3.05) is 39.2 Å². The summed E-state index contributed by atoms with van der Waals surface area (Å²) in [5, 5.41) is 6.29. The third kappa shape index (κ3) is 8.62. The number of aliphatic imine (C=N–C) groups is 1. The van der Waals surface area contributed by atoms with Crippen LogP contribution in [-0.2, 0) is 26.4 Å². The zero-order chi connectivity index (χ0) is 20.7. The number of nitrogens with one attached hydrogen (secondary N) is 2. The Balaban J connectivity index is 0.00000729. The number of halogens is 1. The maximum Gasteiger partial charge on any atom is 0.213 e. The smallest absolute Gasteiger partial charge is 0.213 e. The largest absolute Gasteiger partial charge is 0.356 e. The fourth-order valence-corrected chi connectivity index (χ4v) is 4.32. The summed E-state index contributed by atoms with van der Waals surface area (Å²) in [6.07, 6.45) is 1.85. The second-order valence-corrected chi connectivity index (χ2v) is 10.6. The van der Waals surface area contributed by atoms with E-state index in [1.807, 2.05) is 6.07 Å². The predicted octanol–water partition coefficient (Wildman–Crippen LogP) is 1.35. The zero-order valence-electron chi connectivity index (χ0n) is 17.0. The van der Waals surface area contributed by atoms with E-state index in [0.29, 0.717) is 42.5 Å². The molecule has 0 atom stereocenters. The number of hydrogen-bond donors (Lipinski definition) is 2. The summed E-state index contributed by atoms with van der Waals surface area (Å²) in [7, 11) is -3.14. The number of sulfone groups is 1. The molecule has 0 saturated carbocycles. The van der Waals surface area contributed by atoms with Crippen molar-refractivity contribution in [1.82, 2.24) is 14.9 Å². The second kappa shape index (κ2) is 11.9. The third-order valence-corrected chi connectivity index (χ3v) is 7.22. The molecule has 0 saturated heterocycles. The van der Waals surface area contributed by atoms with E-state index in [4.69, 9.17) is 0 Å². The second-order valence-electron chi connectivity index (χ2n) is 6.30. The Morgan fingerprint density at radius 3 is 2.32 bits per heavy atom. The molecule has 2 N–H and O–H groups in total. The SMILES string of the molecule is CCS(=O)(=O)N(C)CCCNC(=NC)NCc1ccc(S(C)(=O)=O)c(C)c1.I. The molecule has 0 aromatic heterocycles. The topological polar surface area (TPSA) is 108 Å². The standard InChI is InChI=1S/C17H30N4O4S2.HI/c1-6-27(24,25)21(4)11-7-10-19-17(18-3)20-13-15-8-9-16(14(2)12-15)26(5,22)23;/h8-9,12H,6-7,10-11,13H2,1-5H3,(H2,18,19,20);1H. The van der Waals surface area contributed by atoms with Gasteiger partial charge in [-0.2, -0.15) is 0 Å². The van der Waals surface area contributed by atoms with Crippen LogP contribution >= 0.6 is 24.0 Å². The molecule has 0 unspecified atom stereocenters. The number of sulfonamides is 1. The lowest BCUT2D eigenvalue weighted by Gasteiger charge is -2.17. The third-order valence-electron chi connectivity index (χ3n) is 4.10. The van der Waals surface area contributed by atoms with Gasteiger partial charge in [0.1, 0.15) is 0 Å². The van der Waals surface area contributed by atoms with Crippen LogP contribution in [0.2, 0.25) is 0 Å². The first-order valence-electron chi connectivity index (χ1n) is 8.69. The van der Waals surface area contributed by atoms with Crippen molar-refractivity contribution in [3.63, 3.8) is 0 Å². The molecule has 0 radical (unpaired) electrons. The van der Waals surface area contributed by atoms with Gasteiger partial charge < -0.3 is 10.6 Å². The van der Waals surface area contributed by atoms with Crippen molar-refractivity contribution >= 4 is 49.8 Å². The van der Waals surface area contributed by atoms with Gasteiger partial charge in [0.05, 0.1) is 10.6 Å². The van der Waals surface area contributed by atoms with Gasteiger partial charge in [-0.1, -0.05) is 12.1 Å². The van der Waals surface area contributed by atoms with Gasteiger partial charge in [-0.3, -0.25) is 4.99 Å². The van der Waals surface area contributed by atoms with Crippen molar-refractivity contribution < 1.29 is 16.8 Å². The number of aryl methyl sites for hydroxylation is 1. The Morgan fingerprint density at radius 2 is 1.82 bits per heavy atom. The summed E-state index contributed by atoms with van der Waals surface area (Å²) >= 11 is 0. The summed E-state index contributed by atoms with van der Waals surface area (Å²) in [4.78, 5) is 4.46. The maximum absolute atomic E-state index is 11.7. The lowest BCUT2D eigenvalue weighted by atomic mass is 10.1. The van der Waals surface area contributed by atoms with Crippen molar-refractivity contribution in [3.8, 4) is 0 Å². The Kier molecular flexibility index (Phi) is 11.5. The highest BCUT2D eigenvalue weighted by atomic mass is 127. The molecule has 1 aromatic rings. The fourth-order valence-electron chi connectivity index (χ4n) is 2.51. The fraction of sp³-hybridized carbons (Fsp3) is 0.588. The van der Waals surface area contributed by atoms with Crippen molar-refractivity contribution in [3.05, 3.63) is 29.3 Å². The van der Waals surface area contributed by atoms with Gasteiger partial charge in [0.25, 0.3) is 0 Å². The van der Waals surface area contributed by atoms with Crippen LogP contribution in [-0.4, -0.2) is 66.3 Å². The monoisotopic (exact) mass is 546 g/mol. The van der Waals surface area contributed by atoms with Crippen LogP contribution in [0.3, 0.4) is 0 Å². The van der Waals surface area contributed by atoms with Crippen LogP contribution < -0.4 is 10.6 Å². The highest BCUT2D eigenvalue weighted by Crippen LogP contribution is 2.16. The first-order chi connectivity index (χ1) is 12.5. The number of nitrogens with zero attached hydrogens (tertiary/aromatic N) is 2. The van der Waals surface area contributed by atoms with Crippen LogP contribution in [0.25, 0.3) is 0 Å². The molecule has 0 aliphatic rings.